The van der Waals surface area contributed by atoms with Gasteiger partial charge in [0, 0.05) is 24.5 Å². The van der Waals surface area contributed by atoms with Gasteiger partial charge in [-0.25, -0.2) is 0 Å². The van der Waals surface area contributed by atoms with Gasteiger partial charge in [0.1, 0.15) is 0 Å². The summed E-state index contributed by atoms with van der Waals surface area (Å²) in [6.07, 6.45) is 0. The summed E-state index contributed by atoms with van der Waals surface area (Å²) >= 11 is -1.72. The Labute approximate surface area is 245 Å². The zero-order valence-electron chi connectivity index (χ0n) is 16.5. The monoisotopic (exact) mass is 564 g/mol. The summed E-state index contributed by atoms with van der Waals surface area (Å²) in [5.74, 6) is 0. The van der Waals surface area contributed by atoms with Crippen molar-refractivity contribution in [3.05, 3.63) is 60.7 Å². The molecular formula is C16H26N2Na2O11S3. The molecule has 2 aromatic carbocycles. The maximum atomic E-state index is 11.5. The molecule has 0 aliphatic rings. The Balaban J connectivity index is -0.000000680. The second kappa shape index (κ2) is 22.1. The van der Waals surface area contributed by atoms with E-state index in [-0.39, 0.29) is 59.1 Å². The van der Waals surface area contributed by atoms with E-state index in [2.05, 4.69) is 10.6 Å². The molecule has 0 amide bonds. The van der Waals surface area contributed by atoms with Crippen LogP contribution in [0.5, 0.6) is 0 Å². The third kappa shape index (κ3) is 34.0. The molecule has 0 spiro atoms. The Morgan fingerprint density at radius 2 is 0.912 bits per heavy atom. The molecule has 2 rings (SSSR count). The second-order valence-corrected chi connectivity index (χ2v) is 8.00. The van der Waals surface area contributed by atoms with Gasteiger partial charge < -0.3 is 10.6 Å². The van der Waals surface area contributed by atoms with Crippen molar-refractivity contribution in [3.8, 4) is 0 Å². The molecule has 0 atom stereocenters. The summed E-state index contributed by atoms with van der Waals surface area (Å²) in [4.78, 5) is 0. The van der Waals surface area contributed by atoms with E-state index in [0.717, 1.165) is 11.4 Å². The van der Waals surface area contributed by atoms with Gasteiger partial charge in [-0.05, 0) is 24.3 Å². The first kappa shape index (κ1) is 38.4. The van der Waals surface area contributed by atoms with Crippen molar-refractivity contribution in [3.63, 3.8) is 0 Å². The molecule has 0 fully saturated rings. The van der Waals surface area contributed by atoms with Crippen molar-refractivity contribution in [2.45, 2.75) is 0 Å². The first-order valence-electron chi connectivity index (χ1n) is 8.50. The predicted molar refractivity (Wildman–Crippen MR) is 133 cm³/mol. The normalized spacial score (nSPS) is 10.3. The average molecular weight is 565 g/mol. The molecule has 34 heavy (non-hydrogen) atoms. The van der Waals surface area contributed by atoms with Crippen LogP contribution in [0.3, 0.4) is 0 Å². The molecule has 0 saturated heterocycles. The van der Waals surface area contributed by atoms with Crippen LogP contribution in [0.2, 0.25) is 0 Å². The Hall–Kier alpha value is -0.150. The van der Waals surface area contributed by atoms with Crippen molar-refractivity contribution >= 4 is 103 Å². The average Bonchev–Trinajstić information content (AvgIpc) is 2.68. The third-order valence-electron chi connectivity index (χ3n) is 2.77. The van der Waals surface area contributed by atoms with Crippen molar-refractivity contribution < 1.29 is 47.6 Å². The minimum absolute atomic E-state index is 0. The van der Waals surface area contributed by atoms with Crippen LogP contribution in [0.15, 0.2) is 60.7 Å². The summed E-state index contributed by atoms with van der Waals surface area (Å²) in [5.41, 5.74) is 2.01. The van der Waals surface area contributed by atoms with Gasteiger partial charge in [0.25, 0.3) is 0 Å². The van der Waals surface area contributed by atoms with E-state index in [1.165, 1.54) is 0 Å². The molecule has 186 valence electrons. The van der Waals surface area contributed by atoms with Crippen LogP contribution in [0.1, 0.15) is 0 Å². The number of rotatable bonds is 10. The van der Waals surface area contributed by atoms with Gasteiger partial charge in [0.15, 0.2) is 0 Å². The molecule has 0 bridgehead atoms. The number of hydrogen-bond donors (Lipinski definition) is 6. The molecule has 6 N–H and O–H groups in total. The number of para-hydroxylation sites is 2. The fourth-order valence-electron chi connectivity index (χ4n) is 1.76. The van der Waals surface area contributed by atoms with E-state index in [1.807, 2.05) is 60.7 Å². The van der Waals surface area contributed by atoms with Crippen molar-refractivity contribution in [2.24, 2.45) is 0 Å². The standard InChI is InChI=1S/C16H20N2O3S.2Na.2H2O4S.2H/c19-22(20-13-11-17-15-7-3-1-4-8-15)21-14-12-18-16-9-5-2-6-10-16;;;2*1-5(2,3)4;;/h1-10,17-18H,11-14H2;;;2*(H2,1,2,3,4);;. The maximum absolute atomic E-state index is 11.5. The van der Waals surface area contributed by atoms with Gasteiger partial charge in [0.2, 0.25) is 0 Å². The first-order valence-corrected chi connectivity index (χ1v) is 12.3. The topological polar surface area (TPSA) is 209 Å². The summed E-state index contributed by atoms with van der Waals surface area (Å²) in [7, 11) is -9.33. The van der Waals surface area contributed by atoms with E-state index in [9.17, 15) is 4.21 Å². The van der Waals surface area contributed by atoms with Crippen LogP contribution in [-0.4, -0.2) is 125 Å². The number of anilines is 2. The molecule has 0 heterocycles. The fourth-order valence-corrected chi connectivity index (χ4v) is 2.26. The summed E-state index contributed by atoms with van der Waals surface area (Å²) in [6, 6.07) is 19.5. The summed E-state index contributed by atoms with van der Waals surface area (Å²) in [6.45, 7) is 1.77. The Kier molecular flexibility index (Phi) is 24.9. The van der Waals surface area contributed by atoms with Crippen LogP contribution >= 0.6 is 0 Å². The minimum atomic E-state index is -4.67. The molecular weight excluding hydrogens is 538 g/mol. The van der Waals surface area contributed by atoms with Gasteiger partial charge in [-0.1, -0.05) is 36.4 Å². The van der Waals surface area contributed by atoms with Gasteiger partial charge in [-0.3, -0.25) is 26.6 Å². The molecule has 2 aromatic rings. The zero-order valence-corrected chi connectivity index (χ0v) is 18.9. The molecule has 0 unspecified atom stereocenters. The van der Waals surface area contributed by atoms with Gasteiger partial charge in [-0.2, -0.15) is 21.0 Å². The van der Waals surface area contributed by atoms with Crippen molar-refractivity contribution in [1.82, 2.24) is 0 Å². The molecule has 0 saturated carbocycles. The van der Waals surface area contributed by atoms with E-state index in [1.54, 1.807) is 0 Å². The number of benzene rings is 2. The molecule has 13 nitrogen and oxygen atoms in total. The van der Waals surface area contributed by atoms with Gasteiger partial charge >= 0.3 is 91.3 Å². The molecule has 0 radical (unpaired) electrons. The summed E-state index contributed by atoms with van der Waals surface area (Å²) in [5, 5.41) is 6.32. The van der Waals surface area contributed by atoms with E-state index < -0.39 is 32.2 Å². The Morgan fingerprint density at radius 1 is 0.647 bits per heavy atom. The number of hydrogen-bond acceptors (Lipinski definition) is 9. The van der Waals surface area contributed by atoms with E-state index >= 15 is 0 Å². The fraction of sp³-hybridized carbons (Fsp3) is 0.250. The van der Waals surface area contributed by atoms with Crippen LogP contribution in [0, 0.1) is 0 Å². The molecule has 0 aliphatic heterocycles. The predicted octanol–water partition coefficient (Wildman–Crippen LogP) is 0.220. The SMILES string of the molecule is O=S(=O)(O)O.O=S(=O)(O)O.O=S(OCCNc1ccccc1)OCCNc1ccccc1.[NaH].[NaH]. The van der Waals surface area contributed by atoms with Crippen LogP contribution in [0.25, 0.3) is 0 Å². The quantitative estimate of drug-likeness (QED) is 0.130. The van der Waals surface area contributed by atoms with Crippen LogP contribution in [-0.2, 0) is 40.5 Å². The second-order valence-electron chi connectivity index (χ2n) is 5.33. The van der Waals surface area contributed by atoms with Gasteiger partial charge in [-0.15, -0.1) is 0 Å². The van der Waals surface area contributed by atoms with Crippen molar-refractivity contribution in [1.29, 1.82) is 0 Å². The third-order valence-corrected chi connectivity index (χ3v) is 3.49. The van der Waals surface area contributed by atoms with Gasteiger partial charge in [0.05, 0.1) is 13.2 Å². The van der Waals surface area contributed by atoms with Crippen molar-refractivity contribution in [2.75, 3.05) is 36.9 Å². The Morgan fingerprint density at radius 3 is 1.18 bits per heavy atom. The van der Waals surface area contributed by atoms with Crippen LogP contribution in [0.4, 0.5) is 11.4 Å². The molecule has 0 aliphatic carbocycles. The molecule has 18 heteroatoms. The molecule has 0 aromatic heterocycles. The zero-order chi connectivity index (χ0) is 24.5. The number of nitrogens with one attached hydrogen (secondary N) is 2. The van der Waals surface area contributed by atoms with Crippen LogP contribution < -0.4 is 10.6 Å². The first-order chi connectivity index (χ1) is 14.8. The van der Waals surface area contributed by atoms with E-state index in [0.29, 0.717) is 26.3 Å². The van der Waals surface area contributed by atoms with E-state index in [4.69, 9.17) is 43.4 Å². The Bertz CT molecular complexity index is 888. The summed E-state index contributed by atoms with van der Waals surface area (Å²) < 4.78 is 84.8.